The van der Waals surface area contributed by atoms with E-state index < -0.39 is 0 Å². The van der Waals surface area contributed by atoms with E-state index in [4.69, 9.17) is 0 Å². The van der Waals surface area contributed by atoms with Crippen LogP contribution in [0, 0.1) is 5.82 Å². The van der Waals surface area contributed by atoms with E-state index >= 15 is 0 Å². The van der Waals surface area contributed by atoms with Gasteiger partial charge in [0.1, 0.15) is 5.82 Å². The molecule has 1 rings (SSSR count). The van der Waals surface area contributed by atoms with Crippen molar-refractivity contribution in [3.63, 3.8) is 0 Å². The summed E-state index contributed by atoms with van der Waals surface area (Å²) >= 11 is 1.92. The maximum absolute atomic E-state index is 13.2. The lowest BCUT2D eigenvalue weighted by Gasteiger charge is -2.10. The maximum atomic E-state index is 13.2. The first-order chi connectivity index (χ1) is 7.24. The second kappa shape index (κ2) is 6.72. The average molecular weight is 227 g/mol. The van der Waals surface area contributed by atoms with E-state index in [0.29, 0.717) is 10.9 Å². The molecule has 0 spiro atoms. The van der Waals surface area contributed by atoms with Gasteiger partial charge in [0.2, 0.25) is 0 Å². The number of para-hydroxylation sites is 1. The Kier molecular flexibility index (Phi) is 5.54. The van der Waals surface area contributed by atoms with Crippen LogP contribution in [-0.4, -0.2) is 17.5 Å². The fourth-order valence-corrected chi connectivity index (χ4v) is 2.03. The normalized spacial score (nSPS) is 12.5. The van der Waals surface area contributed by atoms with Crippen LogP contribution in [0.3, 0.4) is 0 Å². The monoisotopic (exact) mass is 227 g/mol. The van der Waals surface area contributed by atoms with Gasteiger partial charge >= 0.3 is 0 Å². The highest BCUT2D eigenvalue weighted by Gasteiger charge is 2.00. The molecule has 0 aliphatic carbocycles. The molecule has 0 amide bonds. The summed E-state index contributed by atoms with van der Waals surface area (Å²) in [5.41, 5.74) is 0.599. The fourth-order valence-electron chi connectivity index (χ4n) is 1.17. The Morgan fingerprint density at radius 3 is 2.80 bits per heavy atom. The van der Waals surface area contributed by atoms with Gasteiger partial charge in [-0.25, -0.2) is 4.39 Å². The fraction of sp³-hybridized carbons (Fsp3) is 0.500. The predicted molar refractivity (Wildman–Crippen MR) is 67.1 cm³/mol. The third-order valence-electron chi connectivity index (χ3n) is 2.27. The Morgan fingerprint density at radius 2 is 2.13 bits per heavy atom. The molecule has 0 aliphatic heterocycles. The Morgan fingerprint density at radius 1 is 1.40 bits per heavy atom. The van der Waals surface area contributed by atoms with E-state index in [9.17, 15) is 4.39 Å². The Labute approximate surface area is 95.5 Å². The van der Waals surface area contributed by atoms with Crippen molar-refractivity contribution in [2.45, 2.75) is 25.5 Å². The van der Waals surface area contributed by atoms with Gasteiger partial charge in [0, 0.05) is 17.5 Å². The Balaban J connectivity index is 2.23. The van der Waals surface area contributed by atoms with Crippen LogP contribution >= 0.6 is 11.8 Å². The van der Waals surface area contributed by atoms with Crippen molar-refractivity contribution in [1.82, 2.24) is 0 Å². The van der Waals surface area contributed by atoms with Crippen LogP contribution in [0.5, 0.6) is 0 Å². The van der Waals surface area contributed by atoms with E-state index in [2.05, 4.69) is 19.2 Å². The van der Waals surface area contributed by atoms with Crippen LogP contribution in [0.2, 0.25) is 0 Å². The van der Waals surface area contributed by atoms with Gasteiger partial charge in [0.25, 0.3) is 0 Å². The van der Waals surface area contributed by atoms with Crippen molar-refractivity contribution in [2.75, 3.05) is 17.6 Å². The van der Waals surface area contributed by atoms with Crippen LogP contribution in [0.4, 0.5) is 10.1 Å². The molecule has 84 valence electrons. The summed E-state index contributed by atoms with van der Waals surface area (Å²) in [4.78, 5) is 0. The highest BCUT2D eigenvalue weighted by atomic mass is 32.2. The van der Waals surface area contributed by atoms with Gasteiger partial charge in [-0.15, -0.1) is 0 Å². The minimum absolute atomic E-state index is 0.175. The van der Waals surface area contributed by atoms with Gasteiger partial charge in [-0.3, -0.25) is 0 Å². The molecule has 0 heterocycles. The third-order valence-corrected chi connectivity index (χ3v) is 3.61. The summed E-state index contributed by atoms with van der Waals surface area (Å²) in [6.07, 6.45) is 1.18. The predicted octanol–water partition coefficient (Wildman–Crippen LogP) is 3.77. The van der Waals surface area contributed by atoms with Crippen molar-refractivity contribution >= 4 is 17.4 Å². The van der Waals surface area contributed by atoms with Crippen molar-refractivity contribution in [3.8, 4) is 0 Å². The summed E-state index contributed by atoms with van der Waals surface area (Å²) in [7, 11) is 0. The summed E-state index contributed by atoms with van der Waals surface area (Å²) < 4.78 is 13.2. The zero-order valence-corrected chi connectivity index (χ0v) is 10.1. The molecule has 1 aromatic rings. The standard InChI is InChI=1S/C12H18FNS/c1-3-10(2)15-9-8-14-12-7-5-4-6-11(12)13/h4-7,10,14H,3,8-9H2,1-2H3. The minimum atomic E-state index is -0.175. The lowest BCUT2D eigenvalue weighted by molar-refractivity contribution is 0.630. The molecule has 0 saturated heterocycles. The van der Waals surface area contributed by atoms with Crippen LogP contribution < -0.4 is 5.32 Å². The van der Waals surface area contributed by atoms with Crippen molar-refractivity contribution < 1.29 is 4.39 Å². The van der Waals surface area contributed by atoms with Crippen molar-refractivity contribution in [1.29, 1.82) is 0 Å². The molecule has 0 aliphatic rings. The zero-order valence-electron chi connectivity index (χ0n) is 9.29. The van der Waals surface area contributed by atoms with Crippen molar-refractivity contribution in [3.05, 3.63) is 30.1 Å². The average Bonchev–Trinajstić information content (AvgIpc) is 2.26. The van der Waals surface area contributed by atoms with Crippen LogP contribution in [-0.2, 0) is 0 Å². The van der Waals surface area contributed by atoms with Gasteiger partial charge in [0.15, 0.2) is 0 Å². The van der Waals surface area contributed by atoms with Crippen LogP contribution in [0.15, 0.2) is 24.3 Å². The molecule has 0 bridgehead atoms. The molecule has 15 heavy (non-hydrogen) atoms. The van der Waals surface area contributed by atoms with Gasteiger partial charge in [-0.2, -0.15) is 11.8 Å². The largest absolute Gasteiger partial charge is 0.382 e. The topological polar surface area (TPSA) is 12.0 Å². The first-order valence-electron chi connectivity index (χ1n) is 5.34. The number of nitrogens with one attached hydrogen (secondary N) is 1. The SMILES string of the molecule is CCC(C)SCCNc1ccccc1F. The van der Waals surface area contributed by atoms with E-state index in [0.717, 1.165) is 12.3 Å². The van der Waals surface area contributed by atoms with Crippen molar-refractivity contribution in [2.24, 2.45) is 0 Å². The highest BCUT2D eigenvalue weighted by molar-refractivity contribution is 7.99. The Hall–Kier alpha value is -0.700. The molecule has 1 nitrogen and oxygen atoms in total. The molecule has 1 aromatic carbocycles. The maximum Gasteiger partial charge on any atom is 0.146 e. The molecular formula is C12H18FNS. The molecule has 0 radical (unpaired) electrons. The first-order valence-corrected chi connectivity index (χ1v) is 6.39. The van der Waals surface area contributed by atoms with Gasteiger partial charge in [-0.1, -0.05) is 26.0 Å². The minimum Gasteiger partial charge on any atom is -0.382 e. The summed E-state index contributed by atoms with van der Waals surface area (Å²) in [6, 6.07) is 6.79. The van der Waals surface area contributed by atoms with Gasteiger partial charge in [0.05, 0.1) is 5.69 Å². The molecule has 1 atom stereocenters. The van der Waals surface area contributed by atoms with Crippen LogP contribution in [0.1, 0.15) is 20.3 Å². The number of anilines is 1. The molecular weight excluding hydrogens is 209 g/mol. The number of thioether (sulfide) groups is 1. The Bertz CT molecular complexity index is 291. The molecule has 0 saturated carbocycles. The third kappa shape index (κ3) is 4.56. The molecule has 3 heteroatoms. The second-order valence-corrected chi connectivity index (χ2v) is 5.04. The van der Waals surface area contributed by atoms with E-state index in [1.54, 1.807) is 12.1 Å². The quantitative estimate of drug-likeness (QED) is 0.742. The van der Waals surface area contributed by atoms with E-state index in [1.165, 1.54) is 12.5 Å². The highest BCUT2D eigenvalue weighted by Crippen LogP contribution is 2.15. The summed E-state index contributed by atoms with van der Waals surface area (Å²) in [5, 5.41) is 3.78. The molecule has 1 N–H and O–H groups in total. The van der Waals surface area contributed by atoms with Gasteiger partial charge in [-0.05, 0) is 18.6 Å². The number of hydrogen-bond donors (Lipinski definition) is 1. The lowest BCUT2D eigenvalue weighted by Crippen LogP contribution is -2.07. The summed E-state index contributed by atoms with van der Waals surface area (Å²) in [6.45, 7) is 5.21. The van der Waals surface area contributed by atoms with Crippen LogP contribution in [0.25, 0.3) is 0 Å². The molecule has 1 unspecified atom stereocenters. The molecule has 0 fully saturated rings. The van der Waals surface area contributed by atoms with Gasteiger partial charge < -0.3 is 5.32 Å². The second-order valence-electron chi connectivity index (χ2n) is 3.50. The smallest absolute Gasteiger partial charge is 0.146 e. The molecule has 0 aromatic heterocycles. The first kappa shape index (κ1) is 12.4. The number of benzene rings is 1. The van der Waals surface area contributed by atoms with E-state index in [1.807, 2.05) is 17.8 Å². The number of halogens is 1. The zero-order chi connectivity index (χ0) is 11.1. The number of rotatable bonds is 6. The number of hydrogen-bond acceptors (Lipinski definition) is 2. The lowest BCUT2D eigenvalue weighted by atomic mass is 10.3. The van der Waals surface area contributed by atoms with E-state index in [-0.39, 0.29) is 5.82 Å². The summed E-state index contributed by atoms with van der Waals surface area (Å²) in [5.74, 6) is 0.842.